The van der Waals surface area contributed by atoms with Gasteiger partial charge in [0, 0.05) is 6.54 Å². The maximum absolute atomic E-state index is 6.09. The van der Waals surface area contributed by atoms with Gasteiger partial charge >= 0.3 is 0 Å². The van der Waals surface area contributed by atoms with Gasteiger partial charge in [0.2, 0.25) is 0 Å². The van der Waals surface area contributed by atoms with Crippen LogP contribution in [-0.2, 0) is 0 Å². The highest BCUT2D eigenvalue weighted by Crippen LogP contribution is 2.41. The molecular formula is C15H24N2. The van der Waals surface area contributed by atoms with Gasteiger partial charge in [-0.25, -0.2) is 0 Å². The summed E-state index contributed by atoms with van der Waals surface area (Å²) in [6, 6.07) is 6.22. The molecule has 0 amide bonds. The van der Waals surface area contributed by atoms with Gasteiger partial charge in [0.15, 0.2) is 0 Å². The number of para-hydroxylation sites is 1. The molecule has 0 spiro atoms. The van der Waals surface area contributed by atoms with Gasteiger partial charge in [0.25, 0.3) is 0 Å². The van der Waals surface area contributed by atoms with Crippen LogP contribution in [0.4, 0.5) is 11.4 Å². The molecule has 1 fully saturated rings. The second-order valence-electron chi connectivity index (χ2n) is 5.45. The standard InChI is InChI=1S/C15H24N2/c1-3-15(9-4-5-10-15)11-17-13-8-6-7-12(2)14(13)16/h6-8,17H,3-5,9-11,16H2,1-2H3. The van der Waals surface area contributed by atoms with Crippen molar-refractivity contribution in [1.29, 1.82) is 0 Å². The Balaban J connectivity index is 2.04. The Morgan fingerprint density at radius 3 is 2.65 bits per heavy atom. The van der Waals surface area contributed by atoms with Crippen LogP contribution in [0.3, 0.4) is 0 Å². The van der Waals surface area contributed by atoms with Crippen LogP contribution >= 0.6 is 0 Å². The Bertz CT molecular complexity index is 379. The lowest BCUT2D eigenvalue weighted by Gasteiger charge is -2.28. The molecule has 94 valence electrons. The fraction of sp³-hybridized carbons (Fsp3) is 0.600. The van der Waals surface area contributed by atoms with E-state index in [0.717, 1.165) is 23.5 Å². The molecule has 1 aromatic carbocycles. The summed E-state index contributed by atoms with van der Waals surface area (Å²) >= 11 is 0. The Morgan fingerprint density at radius 2 is 2.00 bits per heavy atom. The molecule has 2 heteroatoms. The number of nitrogen functional groups attached to an aromatic ring is 1. The molecule has 0 unspecified atom stereocenters. The molecule has 1 aliphatic carbocycles. The monoisotopic (exact) mass is 232 g/mol. The smallest absolute Gasteiger partial charge is 0.0579 e. The average molecular weight is 232 g/mol. The maximum Gasteiger partial charge on any atom is 0.0579 e. The summed E-state index contributed by atoms with van der Waals surface area (Å²) in [4.78, 5) is 0. The van der Waals surface area contributed by atoms with Gasteiger partial charge in [-0.05, 0) is 43.2 Å². The van der Waals surface area contributed by atoms with E-state index in [9.17, 15) is 0 Å². The molecule has 0 atom stereocenters. The highest BCUT2D eigenvalue weighted by atomic mass is 14.9. The molecular weight excluding hydrogens is 208 g/mol. The molecule has 1 aliphatic rings. The van der Waals surface area contributed by atoms with Crippen molar-refractivity contribution in [2.24, 2.45) is 5.41 Å². The summed E-state index contributed by atoms with van der Waals surface area (Å²) in [5.41, 5.74) is 9.76. The molecule has 0 saturated heterocycles. The van der Waals surface area contributed by atoms with Crippen LogP contribution in [0.2, 0.25) is 0 Å². The van der Waals surface area contributed by atoms with Crippen molar-refractivity contribution in [2.75, 3.05) is 17.6 Å². The Morgan fingerprint density at radius 1 is 1.29 bits per heavy atom. The van der Waals surface area contributed by atoms with Crippen molar-refractivity contribution >= 4 is 11.4 Å². The first kappa shape index (κ1) is 12.3. The van der Waals surface area contributed by atoms with Gasteiger partial charge in [0.1, 0.15) is 0 Å². The highest BCUT2D eigenvalue weighted by molar-refractivity contribution is 5.69. The van der Waals surface area contributed by atoms with Crippen molar-refractivity contribution in [3.8, 4) is 0 Å². The van der Waals surface area contributed by atoms with Gasteiger partial charge in [-0.3, -0.25) is 0 Å². The number of hydrogen-bond acceptors (Lipinski definition) is 2. The molecule has 17 heavy (non-hydrogen) atoms. The third kappa shape index (κ3) is 2.56. The highest BCUT2D eigenvalue weighted by Gasteiger charge is 2.31. The van der Waals surface area contributed by atoms with Crippen LogP contribution in [0.5, 0.6) is 0 Å². The fourth-order valence-corrected chi connectivity index (χ4v) is 2.90. The van der Waals surface area contributed by atoms with Crippen LogP contribution in [0.25, 0.3) is 0 Å². The van der Waals surface area contributed by atoms with E-state index in [0.29, 0.717) is 5.41 Å². The van der Waals surface area contributed by atoms with E-state index in [-0.39, 0.29) is 0 Å². The Labute approximate surface area is 105 Å². The van der Waals surface area contributed by atoms with Crippen LogP contribution in [-0.4, -0.2) is 6.54 Å². The quantitative estimate of drug-likeness (QED) is 0.771. The summed E-state index contributed by atoms with van der Waals surface area (Å²) in [5.74, 6) is 0. The molecule has 2 nitrogen and oxygen atoms in total. The molecule has 1 saturated carbocycles. The molecule has 1 aromatic rings. The van der Waals surface area contributed by atoms with Crippen molar-refractivity contribution < 1.29 is 0 Å². The van der Waals surface area contributed by atoms with Crippen molar-refractivity contribution in [3.05, 3.63) is 23.8 Å². The van der Waals surface area contributed by atoms with Crippen LogP contribution in [0, 0.1) is 12.3 Å². The molecule has 0 aliphatic heterocycles. The lowest BCUT2D eigenvalue weighted by atomic mass is 9.83. The topological polar surface area (TPSA) is 38.0 Å². The van der Waals surface area contributed by atoms with E-state index in [1.54, 1.807) is 0 Å². The number of nitrogens with one attached hydrogen (secondary N) is 1. The first-order valence-corrected chi connectivity index (χ1v) is 6.76. The minimum atomic E-state index is 0.510. The summed E-state index contributed by atoms with van der Waals surface area (Å²) in [6.07, 6.45) is 6.77. The SMILES string of the molecule is CCC1(CNc2cccc(C)c2N)CCCC1. The third-order valence-electron chi connectivity index (χ3n) is 4.39. The van der Waals surface area contributed by atoms with Gasteiger partial charge in [0.05, 0.1) is 11.4 Å². The Kier molecular flexibility index (Phi) is 3.60. The zero-order valence-corrected chi connectivity index (χ0v) is 11.1. The van der Waals surface area contributed by atoms with Gasteiger partial charge in [-0.2, -0.15) is 0 Å². The number of nitrogens with two attached hydrogens (primary N) is 1. The second kappa shape index (κ2) is 4.99. The number of anilines is 2. The number of rotatable bonds is 4. The van der Waals surface area contributed by atoms with E-state index in [4.69, 9.17) is 5.73 Å². The van der Waals surface area contributed by atoms with E-state index in [2.05, 4.69) is 37.4 Å². The lowest BCUT2D eigenvalue weighted by molar-refractivity contribution is 0.307. The normalized spacial score (nSPS) is 18.2. The summed E-state index contributed by atoms with van der Waals surface area (Å²) < 4.78 is 0. The van der Waals surface area contributed by atoms with Gasteiger partial charge < -0.3 is 11.1 Å². The molecule has 0 heterocycles. The van der Waals surface area contributed by atoms with E-state index < -0.39 is 0 Å². The Hall–Kier alpha value is -1.18. The third-order valence-corrected chi connectivity index (χ3v) is 4.39. The number of hydrogen-bond donors (Lipinski definition) is 2. The van der Waals surface area contributed by atoms with Gasteiger partial charge in [-0.15, -0.1) is 0 Å². The van der Waals surface area contributed by atoms with Crippen molar-refractivity contribution in [1.82, 2.24) is 0 Å². The van der Waals surface area contributed by atoms with Gasteiger partial charge in [-0.1, -0.05) is 31.9 Å². The van der Waals surface area contributed by atoms with E-state index in [1.165, 1.54) is 32.1 Å². The van der Waals surface area contributed by atoms with E-state index >= 15 is 0 Å². The fourth-order valence-electron chi connectivity index (χ4n) is 2.90. The largest absolute Gasteiger partial charge is 0.397 e. The van der Waals surface area contributed by atoms with Crippen molar-refractivity contribution in [3.63, 3.8) is 0 Å². The first-order valence-electron chi connectivity index (χ1n) is 6.76. The number of aryl methyl sites for hydroxylation is 1. The van der Waals surface area contributed by atoms with Crippen molar-refractivity contribution in [2.45, 2.75) is 46.0 Å². The summed E-state index contributed by atoms with van der Waals surface area (Å²) in [5, 5.41) is 3.56. The van der Waals surface area contributed by atoms with E-state index in [1.807, 2.05) is 0 Å². The molecule has 0 aromatic heterocycles. The van der Waals surface area contributed by atoms with Crippen LogP contribution in [0.15, 0.2) is 18.2 Å². The van der Waals surface area contributed by atoms with Crippen LogP contribution in [0.1, 0.15) is 44.6 Å². The second-order valence-corrected chi connectivity index (χ2v) is 5.45. The average Bonchev–Trinajstić information content (AvgIpc) is 2.81. The predicted molar refractivity (Wildman–Crippen MR) is 75.3 cm³/mol. The molecule has 0 radical (unpaired) electrons. The minimum absolute atomic E-state index is 0.510. The lowest BCUT2D eigenvalue weighted by Crippen LogP contribution is -2.26. The zero-order chi connectivity index (χ0) is 12.3. The molecule has 3 N–H and O–H groups in total. The zero-order valence-electron chi connectivity index (χ0n) is 11.1. The molecule has 0 bridgehead atoms. The summed E-state index contributed by atoms with van der Waals surface area (Å²) in [7, 11) is 0. The predicted octanol–water partition coefficient (Wildman–Crippen LogP) is 3.96. The first-order chi connectivity index (χ1) is 8.17. The maximum atomic E-state index is 6.09. The minimum Gasteiger partial charge on any atom is -0.397 e. The summed E-state index contributed by atoms with van der Waals surface area (Å²) in [6.45, 7) is 5.44. The molecule has 2 rings (SSSR count). The van der Waals surface area contributed by atoms with Crippen LogP contribution < -0.4 is 11.1 Å². The number of benzene rings is 1.